The Bertz CT molecular complexity index is 147. The minimum Gasteiger partial charge on any atom is -0.466 e. The van der Waals surface area contributed by atoms with Crippen molar-refractivity contribution in [3.8, 4) is 0 Å². The highest BCUT2D eigenvalue weighted by atomic mass is 16.5. The first-order valence-electron chi connectivity index (χ1n) is 2.99. The number of hydrogen-bond donors (Lipinski definition) is 0. The highest BCUT2D eigenvalue weighted by Gasteiger charge is 1.81. The molecule has 0 saturated heterocycles. The van der Waals surface area contributed by atoms with E-state index in [1.165, 1.54) is 13.2 Å². The fourth-order valence-corrected chi connectivity index (χ4v) is 0.162. The summed E-state index contributed by atoms with van der Waals surface area (Å²) < 4.78 is 4.14. The Morgan fingerprint density at radius 1 is 1.55 bits per heavy atom. The maximum atomic E-state index is 9.84. The highest BCUT2D eigenvalue weighted by Crippen LogP contribution is 1.67. The molecule has 0 spiro atoms. The van der Waals surface area contributed by atoms with E-state index in [9.17, 15) is 9.59 Å². The van der Waals surface area contributed by atoms with Gasteiger partial charge in [0.05, 0.1) is 7.11 Å². The lowest BCUT2D eigenvalue weighted by atomic mass is 10.6. The Labute approximate surface area is 66.4 Å². The molecule has 0 heterocycles. The number of ether oxygens (including phenoxy) is 1. The SMILES string of the molecule is C=CC(=O)OC.CC=CC=O. The molecule has 0 atom stereocenters. The van der Waals surface area contributed by atoms with Crippen LogP contribution in [0.4, 0.5) is 0 Å². The molecule has 0 rings (SSSR count). The minimum atomic E-state index is -0.394. The number of carbonyl (C=O) groups is 2. The average molecular weight is 156 g/mol. The van der Waals surface area contributed by atoms with Gasteiger partial charge in [0.1, 0.15) is 6.29 Å². The number of methoxy groups -OCH3 is 1. The fraction of sp³-hybridized carbons (Fsp3) is 0.250. The third kappa shape index (κ3) is 17.7. The molecule has 0 aliphatic rings. The lowest BCUT2D eigenvalue weighted by Gasteiger charge is -1.83. The first kappa shape index (κ1) is 12.3. The molecule has 0 fully saturated rings. The molecule has 0 aromatic heterocycles. The van der Waals surface area contributed by atoms with Crippen molar-refractivity contribution in [3.05, 3.63) is 24.8 Å². The molecular weight excluding hydrogens is 144 g/mol. The topological polar surface area (TPSA) is 43.4 Å². The minimum absolute atomic E-state index is 0.394. The summed E-state index contributed by atoms with van der Waals surface area (Å²) in [5, 5.41) is 0. The molecule has 11 heavy (non-hydrogen) atoms. The van der Waals surface area contributed by atoms with Crippen LogP contribution in [0.3, 0.4) is 0 Å². The summed E-state index contributed by atoms with van der Waals surface area (Å²) in [6.45, 7) is 4.96. The maximum absolute atomic E-state index is 9.84. The lowest BCUT2D eigenvalue weighted by molar-refractivity contribution is -0.134. The Hall–Kier alpha value is -1.38. The van der Waals surface area contributed by atoms with Crippen molar-refractivity contribution in [1.29, 1.82) is 0 Å². The van der Waals surface area contributed by atoms with E-state index in [0.29, 0.717) is 0 Å². The molecule has 3 heteroatoms. The number of esters is 1. The van der Waals surface area contributed by atoms with E-state index in [1.54, 1.807) is 13.0 Å². The van der Waals surface area contributed by atoms with E-state index >= 15 is 0 Å². The normalized spacial score (nSPS) is 7.82. The average Bonchev–Trinajstić information content (AvgIpc) is 2.06. The second-order valence-electron chi connectivity index (χ2n) is 1.39. The predicted molar refractivity (Wildman–Crippen MR) is 43.1 cm³/mol. The maximum Gasteiger partial charge on any atom is 0.329 e. The van der Waals surface area contributed by atoms with Crippen LogP contribution in [-0.2, 0) is 14.3 Å². The highest BCUT2D eigenvalue weighted by molar-refractivity contribution is 5.80. The predicted octanol–water partition coefficient (Wildman–Crippen LogP) is 1.11. The molecule has 3 nitrogen and oxygen atoms in total. The lowest BCUT2D eigenvalue weighted by Crippen LogP contribution is -1.91. The van der Waals surface area contributed by atoms with Gasteiger partial charge >= 0.3 is 5.97 Å². The molecule has 0 amide bonds. The van der Waals surface area contributed by atoms with Crippen LogP contribution in [0.5, 0.6) is 0 Å². The number of hydrogen-bond acceptors (Lipinski definition) is 3. The fourth-order valence-electron chi connectivity index (χ4n) is 0.162. The van der Waals surface area contributed by atoms with E-state index in [-0.39, 0.29) is 0 Å². The second kappa shape index (κ2) is 11.4. The zero-order valence-electron chi connectivity index (χ0n) is 6.74. The van der Waals surface area contributed by atoms with Gasteiger partial charge in [-0.25, -0.2) is 4.79 Å². The van der Waals surface area contributed by atoms with Crippen molar-refractivity contribution in [3.63, 3.8) is 0 Å². The van der Waals surface area contributed by atoms with Crippen LogP contribution in [0.1, 0.15) is 6.92 Å². The standard InChI is InChI=1S/C4H6O2.C4H6O/c1-3-4(5)6-2;1-2-3-4-5/h3H,1H2,2H3;2-4H,1H3. The first-order valence-corrected chi connectivity index (χ1v) is 2.99. The molecule has 0 N–H and O–H groups in total. The Morgan fingerprint density at radius 2 is 2.09 bits per heavy atom. The molecule has 0 bridgehead atoms. The monoisotopic (exact) mass is 156 g/mol. The van der Waals surface area contributed by atoms with Crippen molar-refractivity contribution in [2.75, 3.05) is 7.11 Å². The molecule has 0 aromatic carbocycles. The van der Waals surface area contributed by atoms with Crippen molar-refractivity contribution in [1.82, 2.24) is 0 Å². The number of rotatable bonds is 2. The zero-order valence-corrected chi connectivity index (χ0v) is 6.74. The van der Waals surface area contributed by atoms with Gasteiger partial charge in [-0.2, -0.15) is 0 Å². The van der Waals surface area contributed by atoms with Gasteiger partial charge in [0.15, 0.2) is 0 Å². The summed E-state index contributed by atoms with van der Waals surface area (Å²) in [4.78, 5) is 19.2. The van der Waals surface area contributed by atoms with E-state index in [0.717, 1.165) is 12.4 Å². The smallest absolute Gasteiger partial charge is 0.329 e. The zero-order chi connectivity index (χ0) is 9.11. The molecule has 0 radical (unpaired) electrons. The van der Waals surface area contributed by atoms with Crippen molar-refractivity contribution < 1.29 is 14.3 Å². The van der Waals surface area contributed by atoms with Crippen LogP contribution in [0.25, 0.3) is 0 Å². The van der Waals surface area contributed by atoms with Gasteiger partial charge in [-0.15, -0.1) is 0 Å². The number of aldehydes is 1. The van der Waals surface area contributed by atoms with Crippen LogP contribution in [0.15, 0.2) is 24.8 Å². The molecule has 0 unspecified atom stereocenters. The van der Waals surface area contributed by atoms with Gasteiger partial charge in [0.25, 0.3) is 0 Å². The number of carbonyl (C=O) groups excluding carboxylic acids is 2. The van der Waals surface area contributed by atoms with E-state index in [2.05, 4.69) is 11.3 Å². The summed E-state index contributed by atoms with van der Waals surface area (Å²) in [5.74, 6) is -0.394. The largest absolute Gasteiger partial charge is 0.466 e. The third-order valence-electron chi connectivity index (χ3n) is 0.639. The molecule has 62 valence electrons. The van der Waals surface area contributed by atoms with E-state index in [1.807, 2.05) is 0 Å². The molecule has 0 aliphatic heterocycles. The first-order chi connectivity index (χ1) is 5.22. The van der Waals surface area contributed by atoms with Gasteiger partial charge in [-0.1, -0.05) is 12.7 Å². The van der Waals surface area contributed by atoms with Gasteiger partial charge in [-0.05, 0) is 13.0 Å². The summed E-state index contributed by atoms with van der Waals surface area (Å²) in [7, 11) is 1.31. The summed E-state index contributed by atoms with van der Waals surface area (Å²) in [6, 6.07) is 0. The van der Waals surface area contributed by atoms with Gasteiger partial charge < -0.3 is 4.74 Å². The second-order valence-corrected chi connectivity index (χ2v) is 1.39. The Morgan fingerprint density at radius 3 is 2.09 bits per heavy atom. The van der Waals surface area contributed by atoms with Crippen molar-refractivity contribution >= 4 is 12.3 Å². The van der Waals surface area contributed by atoms with Crippen LogP contribution >= 0.6 is 0 Å². The Balaban J connectivity index is 0. The molecule has 0 aromatic rings. The third-order valence-corrected chi connectivity index (χ3v) is 0.639. The van der Waals surface area contributed by atoms with Crippen LogP contribution < -0.4 is 0 Å². The summed E-state index contributed by atoms with van der Waals surface area (Å²) in [6.07, 6.45) is 4.99. The van der Waals surface area contributed by atoms with Crippen molar-refractivity contribution in [2.45, 2.75) is 6.92 Å². The van der Waals surface area contributed by atoms with Crippen LogP contribution in [-0.4, -0.2) is 19.4 Å². The van der Waals surface area contributed by atoms with Crippen LogP contribution in [0, 0.1) is 0 Å². The molecule has 0 aliphatic carbocycles. The summed E-state index contributed by atoms with van der Waals surface area (Å²) >= 11 is 0. The molecular formula is C8H12O3. The number of allylic oxidation sites excluding steroid dienone is 2. The summed E-state index contributed by atoms with van der Waals surface area (Å²) in [5.41, 5.74) is 0. The van der Waals surface area contributed by atoms with Gasteiger partial charge in [0, 0.05) is 6.08 Å². The van der Waals surface area contributed by atoms with Crippen LogP contribution in [0.2, 0.25) is 0 Å². The van der Waals surface area contributed by atoms with Gasteiger partial charge in [-0.3, -0.25) is 4.79 Å². The van der Waals surface area contributed by atoms with E-state index in [4.69, 9.17) is 0 Å². The van der Waals surface area contributed by atoms with Crippen molar-refractivity contribution in [2.24, 2.45) is 0 Å². The quantitative estimate of drug-likeness (QED) is 0.341. The molecule has 0 saturated carbocycles. The van der Waals surface area contributed by atoms with E-state index < -0.39 is 5.97 Å². The Kier molecular flexibility index (Phi) is 12.8. The van der Waals surface area contributed by atoms with Gasteiger partial charge in [0.2, 0.25) is 0 Å².